The Morgan fingerprint density at radius 1 is 1.41 bits per heavy atom. The first-order chi connectivity index (χ1) is 7.76. The van der Waals surface area contributed by atoms with Gasteiger partial charge in [-0.15, -0.1) is 0 Å². The average Bonchev–Trinajstić information content (AvgIpc) is 2.10. The van der Waals surface area contributed by atoms with Gasteiger partial charge in [-0.1, -0.05) is 20.8 Å². The van der Waals surface area contributed by atoms with Crippen LogP contribution in [-0.4, -0.2) is 27.7 Å². The van der Waals surface area contributed by atoms with Crippen molar-refractivity contribution in [2.24, 2.45) is 5.41 Å². The number of nitrogens with two attached hydrogens (primary N) is 1. The lowest BCUT2D eigenvalue weighted by atomic mass is 9.89. The van der Waals surface area contributed by atoms with Crippen LogP contribution >= 0.6 is 0 Å². The van der Waals surface area contributed by atoms with E-state index >= 15 is 0 Å². The molecule has 0 amide bonds. The number of nitrogen functional groups attached to an aromatic ring is 1. The second-order valence-electron chi connectivity index (χ2n) is 5.52. The standard InChI is InChI=1S/C12H22N4O/c1-8-15-10(13)5-11(16-8)14-7-9(17)6-12(2,3)4/h5,9,17H,6-7H2,1-4H3,(H3,13,14,15,16). The highest BCUT2D eigenvalue weighted by atomic mass is 16.3. The lowest BCUT2D eigenvalue weighted by Gasteiger charge is -2.22. The molecule has 0 bridgehead atoms. The Morgan fingerprint density at radius 2 is 2.06 bits per heavy atom. The number of nitrogens with zero attached hydrogens (tertiary/aromatic N) is 2. The number of anilines is 2. The topological polar surface area (TPSA) is 84.1 Å². The van der Waals surface area contributed by atoms with Gasteiger partial charge in [0.2, 0.25) is 0 Å². The van der Waals surface area contributed by atoms with Crippen molar-refractivity contribution in [2.75, 3.05) is 17.6 Å². The zero-order valence-electron chi connectivity index (χ0n) is 11.0. The second-order valence-corrected chi connectivity index (χ2v) is 5.52. The molecule has 0 saturated heterocycles. The Labute approximate surface area is 102 Å². The van der Waals surface area contributed by atoms with E-state index in [4.69, 9.17) is 5.73 Å². The van der Waals surface area contributed by atoms with Gasteiger partial charge in [0.1, 0.15) is 17.5 Å². The van der Waals surface area contributed by atoms with Gasteiger partial charge in [0.05, 0.1) is 6.10 Å². The lowest BCUT2D eigenvalue weighted by Crippen LogP contribution is -2.25. The quantitative estimate of drug-likeness (QED) is 0.741. The summed E-state index contributed by atoms with van der Waals surface area (Å²) in [5.74, 6) is 1.71. The number of aromatic nitrogens is 2. The summed E-state index contributed by atoms with van der Waals surface area (Å²) in [5, 5.41) is 12.9. The molecule has 17 heavy (non-hydrogen) atoms. The number of nitrogens with one attached hydrogen (secondary N) is 1. The summed E-state index contributed by atoms with van der Waals surface area (Å²) in [5.41, 5.74) is 5.73. The van der Waals surface area contributed by atoms with Crippen molar-refractivity contribution in [3.8, 4) is 0 Å². The largest absolute Gasteiger partial charge is 0.391 e. The highest BCUT2D eigenvalue weighted by molar-refractivity contribution is 5.44. The van der Waals surface area contributed by atoms with E-state index in [1.54, 1.807) is 13.0 Å². The summed E-state index contributed by atoms with van der Waals surface area (Å²) in [6, 6.07) is 1.66. The lowest BCUT2D eigenvalue weighted by molar-refractivity contribution is 0.132. The Hall–Kier alpha value is -1.36. The summed E-state index contributed by atoms with van der Waals surface area (Å²) < 4.78 is 0. The number of hydrogen-bond acceptors (Lipinski definition) is 5. The van der Waals surface area contributed by atoms with Crippen LogP contribution in [0.5, 0.6) is 0 Å². The summed E-state index contributed by atoms with van der Waals surface area (Å²) in [6.07, 6.45) is 0.339. The molecule has 5 heteroatoms. The van der Waals surface area contributed by atoms with E-state index in [1.165, 1.54) is 0 Å². The zero-order valence-corrected chi connectivity index (χ0v) is 11.0. The predicted octanol–water partition coefficient (Wildman–Crippen LogP) is 1.58. The Bertz CT molecular complexity index is 353. The maximum absolute atomic E-state index is 9.85. The number of aryl methyl sites for hydroxylation is 1. The van der Waals surface area contributed by atoms with E-state index in [9.17, 15) is 5.11 Å². The van der Waals surface area contributed by atoms with Gasteiger partial charge >= 0.3 is 0 Å². The van der Waals surface area contributed by atoms with E-state index in [0.29, 0.717) is 24.0 Å². The van der Waals surface area contributed by atoms with Gasteiger partial charge < -0.3 is 16.2 Å². The second kappa shape index (κ2) is 5.31. The molecule has 4 N–H and O–H groups in total. The third-order valence-corrected chi connectivity index (χ3v) is 2.22. The van der Waals surface area contributed by atoms with Crippen LogP contribution in [0, 0.1) is 12.3 Å². The molecule has 0 radical (unpaired) electrons. The zero-order chi connectivity index (χ0) is 13.1. The third kappa shape index (κ3) is 5.49. The molecule has 1 rings (SSSR count). The van der Waals surface area contributed by atoms with Crippen LogP contribution in [0.25, 0.3) is 0 Å². The Balaban J connectivity index is 2.50. The van der Waals surface area contributed by atoms with Crippen molar-refractivity contribution in [3.05, 3.63) is 11.9 Å². The van der Waals surface area contributed by atoms with Crippen LogP contribution in [0.1, 0.15) is 33.0 Å². The van der Waals surface area contributed by atoms with Crippen LogP contribution in [0.15, 0.2) is 6.07 Å². The molecule has 5 nitrogen and oxygen atoms in total. The van der Waals surface area contributed by atoms with Gasteiger partial charge in [0.15, 0.2) is 0 Å². The number of aliphatic hydroxyl groups excluding tert-OH is 1. The first kappa shape index (κ1) is 13.7. The van der Waals surface area contributed by atoms with Crippen molar-refractivity contribution in [3.63, 3.8) is 0 Å². The van der Waals surface area contributed by atoms with Gasteiger partial charge in [-0.2, -0.15) is 0 Å². The summed E-state index contributed by atoms with van der Waals surface area (Å²) in [4.78, 5) is 8.17. The monoisotopic (exact) mass is 238 g/mol. The smallest absolute Gasteiger partial charge is 0.131 e. The first-order valence-corrected chi connectivity index (χ1v) is 5.79. The van der Waals surface area contributed by atoms with E-state index in [2.05, 4.69) is 36.1 Å². The van der Waals surface area contributed by atoms with Crippen LogP contribution in [-0.2, 0) is 0 Å². The minimum atomic E-state index is -0.397. The maximum Gasteiger partial charge on any atom is 0.131 e. The van der Waals surface area contributed by atoms with Crippen molar-refractivity contribution >= 4 is 11.6 Å². The summed E-state index contributed by atoms with van der Waals surface area (Å²) in [7, 11) is 0. The van der Waals surface area contributed by atoms with E-state index in [0.717, 1.165) is 6.42 Å². The molecule has 1 atom stereocenters. The molecule has 0 saturated carbocycles. The van der Waals surface area contributed by atoms with E-state index in [-0.39, 0.29) is 5.41 Å². The summed E-state index contributed by atoms with van der Waals surface area (Å²) >= 11 is 0. The van der Waals surface area contributed by atoms with Crippen molar-refractivity contribution in [2.45, 2.75) is 40.2 Å². The molecular weight excluding hydrogens is 216 g/mol. The fourth-order valence-corrected chi connectivity index (χ4v) is 1.68. The van der Waals surface area contributed by atoms with E-state index in [1.807, 2.05) is 0 Å². The maximum atomic E-state index is 9.85. The summed E-state index contributed by atoms with van der Waals surface area (Å²) in [6.45, 7) is 8.55. The number of aliphatic hydroxyl groups is 1. The number of hydrogen-bond donors (Lipinski definition) is 3. The molecular formula is C12H22N4O. The molecule has 96 valence electrons. The first-order valence-electron chi connectivity index (χ1n) is 5.79. The fourth-order valence-electron chi connectivity index (χ4n) is 1.68. The molecule has 0 aliphatic carbocycles. The van der Waals surface area contributed by atoms with Gasteiger partial charge in [0, 0.05) is 12.6 Å². The Morgan fingerprint density at radius 3 is 2.59 bits per heavy atom. The van der Waals surface area contributed by atoms with Crippen LogP contribution in [0.4, 0.5) is 11.6 Å². The fraction of sp³-hybridized carbons (Fsp3) is 0.667. The van der Waals surface area contributed by atoms with Gasteiger partial charge in [0.25, 0.3) is 0 Å². The third-order valence-electron chi connectivity index (χ3n) is 2.22. The Kier molecular flexibility index (Phi) is 4.28. The molecule has 1 aromatic rings. The minimum absolute atomic E-state index is 0.113. The van der Waals surface area contributed by atoms with Crippen molar-refractivity contribution < 1.29 is 5.11 Å². The molecule has 0 spiro atoms. The molecule has 1 unspecified atom stereocenters. The molecule has 0 aliphatic rings. The van der Waals surface area contributed by atoms with Crippen LogP contribution in [0.2, 0.25) is 0 Å². The molecule has 0 fully saturated rings. The van der Waals surface area contributed by atoms with Gasteiger partial charge in [-0.05, 0) is 18.8 Å². The van der Waals surface area contributed by atoms with Crippen LogP contribution in [0.3, 0.4) is 0 Å². The predicted molar refractivity (Wildman–Crippen MR) is 69.7 cm³/mol. The highest BCUT2D eigenvalue weighted by Gasteiger charge is 2.16. The number of rotatable bonds is 4. The SMILES string of the molecule is Cc1nc(N)cc(NCC(O)CC(C)(C)C)n1. The molecule has 0 aromatic carbocycles. The molecule has 0 aliphatic heterocycles. The normalized spacial score (nSPS) is 13.5. The van der Waals surface area contributed by atoms with Crippen molar-refractivity contribution in [1.82, 2.24) is 9.97 Å². The highest BCUT2D eigenvalue weighted by Crippen LogP contribution is 2.20. The van der Waals surface area contributed by atoms with Crippen molar-refractivity contribution in [1.29, 1.82) is 0 Å². The van der Waals surface area contributed by atoms with E-state index < -0.39 is 6.10 Å². The molecule has 1 heterocycles. The minimum Gasteiger partial charge on any atom is -0.391 e. The molecule has 1 aromatic heterocycles. The van der Waals surface area contributed by atoms with Crippen LogP contribution < -0.4 is 11.1 Å². The van der Waals surface area contributed by atoms with Gasteiger partial charge in [-0.25, -0.2) is 9.97 Å². The van der Waals surface area contributed by atoms with Gasteiger partial charge in [-0.3, -0.25) is 0 Å². The average molecular weight is 238 g/mol.